The topological polar surface area (TPSA) is 56.9 Å². The number of rotatable bonds is 3. The SMILES string of the molecule is O=C(O)c1ccc(N2CCN(c3ccccc3Cl)CC2)o1. The van der Waals surface area contributed by atoms with Crippen molar-refractivity contribution >= 4 is 29.1 Å². The fourth-order valence-corrected chi connectivity index (χ4v) is 2.74. The predicted molar refractivity (Wildman–Crippen MR) is 81.5 cm³/mol. The van der Waals surface area contributed by atoms with Gasteiger partial charge in [-0.05, 0) is 18.2 Å². The molecule has 1 fully saturated rings. The van der Waals surface area contributed by atoms with E-state index < -0.39 is 5.97 Å². The van der Waals surface area contributed by atoms with Crippen LogP contribution in [0.25, 0.3) is 0 Å². The second kappa shape index (κ2) is 5.69. The first kappa shape index (κ1) is 13.8. The lowest BCUT2D eigenvalue weighted by molar-refractivity contribution is 0.0663. The van der Waals surface area contributed by atoms with Crippen LogP contribution in [-0.4, -0.2) is 37.3 Å². The Morgan fingerprint density at radius 1 is 1.05 bits per heavy atom. The van der Waals surface area contributed by atoms with Crippen LogP contribution in [0, 0.1) is 0 Å². The minimum absolute atomic E-state index is 0.0291. The molecule has 1 N–H and O–H groups in total. The van der Waals surface area contributed by atoms with Crippen molar-refractivity contribution in [3.63, 3.8) is 0 Å². The molecule has 1 saturated heterocycles. The van der Waals surface area contributed by atoms with Crippen LogP contribution < -0.4 is 9.80 Å². The number of carboxylic acid groups (broad SMARTS) is 1. The van der Waals surface area contributed by atoms with Gasteiger partial charge in [0.05, 0.1) is 10.7 Å². The van der Waals surface area contributed by atoms with E-state index in [1.807, 2.05) is 29.2 Å². The summed E-state index contributed by atoms with van der Waals surface area (Å²) in [4.78, 5) is 15.1. The van der Waals surface area contributed by atoms with Gasteiger partial charge in [-0.25, -0.2) is 4.79 Å². The van der Waals surface area contributed by atoms with Crippen molar-refractivity contribution in [2.24, 2.45) is 0 Å². The summed E-state index contributed by atoms with van der Waals surface area (Å²) >= 11 is 6.21. The minimum atomic E-state index is -1.05. The summed E-state index contributed by atoms with van der Waals surface area (Å²) < 4.78 is 5.33. The lowest BCUT2D eigenvalue weighted by Crippen LogP contribution is -2.46. The molecule has 0 amide bonds. The van der Waals surface area contributed by atoms with E-state index >= 15 is 0 Å². The van der Waals surface area contributed by atoms with Gasteiger partial charge in [-0.15, -0.1) is 0 Å². The molecule has 0 aliphatic carbocycles. The predicted octanol–water partition coefficient (Wildman–Crippen LogP) is 2.96. The molecular formula is C15H15ClN2O3. The second-order valence-electron chi connectivity index (χ2n) is 4.87. The van der Waals surface area contributed by atoms with Gasteiger partial charge in [-0.3, -0.25) is 0 Å². The van der Waals surface area contributed by atoms with Crippen molar-refractivity contribution in [2.45, 2.75) is 0 Å². The Labute approximate surface area is 127 Å². The van der Waals surface area contributed by atoms with Gasteiger partial charge >= 0.3 is 5.97 Å². The molecule has 6 heteroatoms. The van der Waals surface area contributed by atoms with Crippen LogP contribution in [0.2, 0.25) is 5.02 Å². The summed E-state index contributed by atoms with van der Waals surface area (Å²) in [5.74, 6) is -0.472. The summed E-state index contributed by atoms with van der Waals surface area (Å²) in [7, 11) is 0. The molecule has 21 heavy (non-hydrogen) atoms. The monoisotopic (exact) mass is 306 g/mol. The fourth-order valence-electron chi connectivity index (χ4n) is 2.49. The standard InChI is InChI=1S/C15H15ClN2O3/c16-11-3-1-2-4-12(11)17-7-9-18(10-8-17)14-6-5-13(21-14)15(19)20/h1-6H,7-10H2,(H,19,20). The Morgan fingerprint density at radius 2 is 1.71 bits per heavy atom. The Bertz CT molecular complexity index is 648. The number of aromatic carboxylic acids is 1. The minimum Gasteiger partial charge on any atom is -0.475 e. The van der Waals surface area contributed by atoms with Gasteiger partial charge in [0.25, 0.3) is 0 Å². The maximum Gasteiger partial charge on any atom is 0.371 e. The van der Waals surface area contributed by atoms with E-state index in [9.17, 15) is 4.79 Å². The van der Waals surface area contributed by atoms with E-state index in [1.165, 1.54) is 6.07 Å². The van der Waals surface area contributed by atoms with Crippen LogP contribution in [0.4, 0.5) is 11.6 Å². The number of piperazine rings is 1. The van der Waals surface area contributed by atoms with Crippen LogP contribution in [-0.2, 0) is 0 Å². The number of anilines is 2. The highest BCUT2D eigenvalue weighted by atomic mass is 35.5. The first-order chi connectivity index (χ1) is 10.1. The van der Waals surface area contributed by atoms with Gasteiger partial charge in [0.2, 0.25) is 5.76 Å². The summed E-state index contributed by atoms with van der Waals surface area (Å²) in [6.45, 7) is 3.15. The summed E-state index contributed by atoms with van der Waals surface area (Å²) in [5, 5.41) is 9.63. The van der Waals surface area contributed by atoms with E-state index in [0.717, 1.165) is 36.9 Å². The van der Waals surface area contributed by atoms with Gasteiger partial charge in [-0.1, -0.05) is 23.7 Å². The third kappa shape index (κ3) is 2.83. The van der Waals surface area contributed by atoms with Gasteiger partial charge < -0.3 is 19.3 Å². The molecule has 0 bridgehead atoms. The van der Waals surface area contributed by atoms with Gasteiger partial charge in [0.15, 0.2) is 5.88 Å². The van der Waals surface area contributed by atoms with Gasteiger partial charge in [-0.2, -0.15) is 0 Å². The van der Waals surface area contributed by atoms with Gasteiger partial charge in [0.1, 0.15) is 0 Å². The second-order valence-corrected chi connectivity index (χ2v) is 5.28. The molecule has 0 radical (unpaired) electrons. The Morgan fingerprint density at radius 3 is 2.33 bits per heavy atom. The number of para-hydroxylation sites is 1. The summed E-state index contributed by atoms with van der Waals surface area (Å²) in [5.41, 5.74) is 1.03. The zero-order chi connectivity index (χ0) is 14.8. The average molecular weight is 307 g/mol. The first-order valence-electron chi connectivity index (χ1n) is 6.73. The molecule has 0 unspecified atom stereocenters. The van der Waals surface area contributed by atoms with Crippen molar-refractivity contribution in [1.82, 2.24) is 0 Å². The number of benzene rings is 1. The Balaban J connectivity index is 1.67. The van der Waals surface area contributed by atoms with Crippen LogP contribution in [0.5, 0.6) is 0 Å². The molecule has 2 heterocycles. The number of nitrogens with zero attached hydrogens (tertiary/aromatic N) is 2. The van der Waals surface area contributed by atoms with Crippen molar-refractivity contribution < 1.29 is 14.3 Å². The van der Waals surface area contributed by atoms with Crippen LogP contribution in [0.1, 0.15) is 10.6 Å². The van der Waals surface area contributed by atoms with E-state index in [2.05, 4.69) is 4.90 Å². The zero-order valence-corrected chi connectivity index (χ0v) is 12.1. The number of furan rings is 1. The third-order valence-electron chi connectivity index (χ3n) is 3.59. The van der Waals surface area contributed by atoms with Crippen molar-refractivity contribution in [3.05, 3.63) is 47.2 Å². The fraction of sp³-hybridized carbons (Fsp3) is 0.267. The van der Waals surface area contributed by atoms with E-state index in [-0.39, 0.29) is 5.76 Å². The summed E-state index contributed by atoms with van der Waals surface area (Å²) in [6, 6.07) is 11.0. The van der Waals surface area contributed by atoms with E-state index in [0.29, 0.717) is 5.88 Å². The van der Waals surface area contributed by atoms with Crippen molar-refractivity contribution in [1.29, 1.82) is 0 Å². The first-order valence-corrected chi connectivity index (χ1v) is 7.10. The van der Waals surface area contributed by atoms with Crippen molar-refractivity contribution in [3.8, 4) is 0 Å². The molecule has 0 spiro atoms. The number of hydrogen-bond donors (Lipinski definition) is 1. The molecule has 110 valence electrons. The molecule has 1 aromatic carbocycles. The molecule has 3 rings (SSSR count). The zero-order valence-electron chi connectivity index (χ0n) is 11.3. The smallest absolute Gasteiger partial charge is 0.371 e. The molecule has 2 aromatic rings. The molecule has 5 nitrogen and oxygen atoms in total. The largest absolute Gasteiger partial charge is 0.475 e. The number of carboxylic acids is 1. The molecule has 0 atom stereocenters. The van der Waals surface area contributed by atoms with Crippen LogP contribution >= 0.6 is 11.6 Å². The molecule has 1 aliphatic rings. The Kier molecular flexibility index (Phi) is 3.75. The number of hydrogen-bond acceptors (Lipinski definition) is 4. The van der Waals surface area contributed by atoms with E-state index in [4.69, 9.17) is 21.1 Å². The normalized spacial score (nSPS) is 15.3. The van der Waals surface area contributed by atoms with E-state index in [1.54, 1.807) is 6.07 Å². The van der Waals surface area contributed by atoms with Gasteiger partial charge in [0, 0.05) is 32.2 Å². The molecule has 1 aromatic heterocycles. The highest BCUT2D eigenvalue weighted by Crippen LogP contribution is 2.27. The maximum absolute atomic E-state index is 10.8. The lowest BCUT2D eigenvalue weighted by atomic mass is 10.2. The number of halogens is 1. The summed E-state index contributed by atoms with van der Waals surface area (Å²) in [6.07, 6.45) is 0. The van der Waals surface area contributed by atoms with Crippen LogP contribution in [0.15, 0.2) is 40.8 Å². The molecular weight excluding hydrogens is 292 g/mol. The van der Waals surface area contributed by atoms with Crippen molar-refractivity contribution in [2.75, 3.05) is 36.0 Å². The highest BCUT2D eigenvalue weighted by molar-refractivity contribution is 6.33. The lowest BCUT2D eigenvalue weighted by Gasteiger charge is -2.36. The highest BCUT2D eigenvalue weighted by Gasteiger charge is 2.21. The Hall–Kier alpha value is -2.14. The quantitative estimate of drug-likeness (QED) is 0.945. The van der Waals surface area contributed by atoms with Crippen LogP contribution in [0.3, 0.4) is 0 Å². The average Bonchev–Trinajstić information content (AvgIpc) is 2.98. The maximum atomic E-state index is 10.8. The molecule has 1 aliphatic heterocycles. The third-order valence-corrected chi connectivity index (χ3v) is 3.91. The number of carbonyl (C=O) groups is 1. The molecule has 0 saturated carbocycles.